The minimum absolute atomic E-state index is 0.536. The molecule has 0 N–H and O–H groups in total. The molecule has 1 unspecified atom stereocenters. The summed E-state index contributed by atoms with van der Waals surface area (Å²) >= 11 is 0. The number of benzene rings is 3. The first kappa shape index (κ1) is 20.8. The van der Waals surface area contributed by atoms with Crippen molar-refractivity contribution in [3.05, 3.63) is 109 Å². The molecular weight excluding hydrogens is 388 g/mol. The van der Waals surface area contributed by atoms with Gasteiger partial charge in [0.15, 0.2) is 0 Å². The third-order valence-electron chi connectivity index (χ3n) is 6.98. The van der Waals surface area contributed by atoms with E-state index in [4.69, 9.17) is 0 Å². The first-order valence-corrected chi connectivity index (χ1v) is 12.0. The van der Waals surface area contributed by atoms with Crippen LogP contribution in [0.25, 0.3) is 16.9 Å². The van der Waals surface area contributed by atoms with Gasteiger partial charge in [-0.3, -0.25) is 4.57 Å². The summed E-state index contributed by atoms with van der Waals surface area (Å²) in [6.07, 6.45) is 13.2. The maximum atomic E-state index is 4.50. The van der Waals surface area contributed by atoms with E-state index >= 15 is 0 Å². The Morgan fingerprint density at radius 1 is 0.906 bits per heavy atom. The minimum Gasteiger partial charge on any atom is -0.299 e. The molecular formula is C30H31N2. The number of hydrogen-bond donors (Lipinski definition) is 0. The maximum absolute atomic E-state index is 4.50. The average molecular weight is 420 g/mol. The van der Waals surface area contributed by atoms with Gasteiger partial charge in [0.05, 0.1) is 18.2 Å². The molecule has 1 aliphatic carbocycles. The van der Waals surface area contributed by atoms with Gasteiger partial charge in [0.2, 0.25) is 0 Å². The van der Waals surface area contributed by atoms with Crippen molar-refractivity contribution in [2.75, 3.05) is 0 Å². The van der Waals surface area contributed by atoms with Gasteiger partial charge in [0, 0.05) is 11.3 Å². The number of para-hydroxylation sites is 1. The summed E-state index contributed by atoms with van der Waals surface area (Å²) in [6, 6.07) is 31.4. The van der Waals surface area contributed by atoms with Crippen molar-refractivity contribution in [3.8, 4) is 16.9 Å². The maximum Gasteiger partial charge on any atom is 0.0997 e. The monoisotopic (exact) mass is 419 g/mol. The molecule has 1 heterocycles. The molecule has 32 heavy (non-hydrogen) atoms. The van der Waals surface area contributed by atoms with Crippen LogP contribution >= 0.6 is 0 Å². The van der Waals surface area contributed by atoms with Gasteiger partial charge in [0.25, 0.3) is 0 Å². The molecule has 0 aliphatic heterocycles. The Morgan fingerprint density at radius 2 is 1.66 bits per heavy atom. The molecule has 1 aliphatic rings. The number of nitrogens with zero attached hydrogens (tertiary/aromatic N) is 2. The molecule has 3 aromatic carbocycles. The lowest BCUT2D eigenvalue weighted by Gasteiger charge is -2.27. The summed E-state index contributed by atoms with van der Waals surface area (Å²) < 4.78 is 2.19. The lowest BCUT2D eigenvalue weighted by atomic mass is 9.78. The topological polar surface area (TPSA) is 17.8 Å². The molecule has 1 fully saturated rings. The van der Waals surface area contributed by atoms with E-state index in [1.165, 1.54) is 55.2 Å². The number of hydrogen-bond acceptors (Lipinski definition) is 1. The smallest absolute Gasteiger partial charge is 0.0997 e. The summed E-state index contributed by atoms with van der Waals surface area (Å²) in [5, 5.41) is 0. The highest BCUT2D eigenvalue weighted by molar-refractivity contribution is 5.66. The lowest BCUT2D eigenvalue weighted by molar-refractivity contribution is 0.316. The summed E-state index contributed by atoms with van der Waals surface area (Å²) in [4.78, 5) is 4.50. The van der Waals surface area contributed by atoms with Gasteiger partial charge >= 0.3 is 0 Å². The molecule has 5 rings (SSSR count). The van der Waals surface area contributed by atoms with Gasteiger partial charge < -0.3 is 0 Å². The molecule has 1 atom stereocenters. The van der Waals surface area contributed by atoms with Crippen LogP contribution in [0.15, 0.2) is 91.4 Å². The molecule has 0 saturated heterocycles. The van der Waals surface area contributed by atoms with Crippen LogP contribution in [0.2, 0.25) is 0 Å². The summed E-state index contributed by atoms with van der Waals surface area (Å²) in [7, 11) is 0. The molecule has 1 radical (unpaired) electrons. The zero-order valence-electron chi connectivity index (χ0n) is 18.7. The highest BCUT2D eigenvalue weighted by Crippen LogP contribution is 2.37. The fraction of sp³-hybridized carbons (Fsp3) is 0.300. The highest BCUT2D eigenvalue weighted by atomic mass is 15.0. The summed E-state index contributed by atoms with van der Waals surface area (Å²) in [5.74, 6) is 1.39. The van der Waals surface area contributed by atoms with Gasteiger partial charge in [-0.1, -0.05) is 92.8 Å². The highest BCUT2D eigenvalue weighted by Gasteiger charge is 2.22. The van der Waals surface area contributed by atoms with E-state index in [1.807, 2.05) is 12.5 Å². The van der Waals surface area contributed by atoms with Crippen molar-refractivity contribution < 1.29 is 0 Å². The van der Waals surface area contributed by atoms with Crippen LogP contribution in [0, 0.1) is 12.0 Å². The van der Waals surface area contributed by atoms with Crippen molar-refractivity contribution in [2.45, 2.75) is 50.9 Å². The summed E-state index contributed by atoms with van der Waals surface area (Å²) in [6.45, 7) is 0. The van der Waals surface area contributed by atoms with Gasteiger partial charge in [0.1, 0.15) is 0 Å². The van der Waals surface area contributed by atoms with Gasteiger partial charge in [-0.25, -0.2) is 4.98 Å². The van der Waals surface area contributed by atoms with Crippen molar-refractivity contribution in [3.63, 3.8) is 0 Å². The zero-order valence-corrected chi connectivity index (χ0v) is 18.7. The molecule has 2 heteroatoms. The van der Waals surface area contributed by atoms with E-state index in [0.29, 0.717) is 5.92 Å². The third-order valence-corrected chi connectivity index (χ3v) is 6.98. The van der Waals surface area contributed by atoms with Crippen LogP contribution in [0.5, 0.6) is 0 Å². The van der Waals surface area contributed by atoms with E-state index in [-0.39, 0.29) is 0 Å². The van der Waals surface area contributed by atoms with Crippen LogP contribution in [0.3, 0.4) is 0 Å². The SMILES string of the molecule is [c]1ccc(CC(CC2CCCCC2)c2ccccc2)c(-c2cncn2-c2ccccc2)c1. The van der Waals surface area contributed by atoms with Gasteiger partial charge in [-0.05, 0) is 60.1 Å². The zero-order chi connectivity index (χ0) is 21.6. The van der Waals surface area contributed by atoms with Crippen LogP contribution < -0.4 is 0 Å². The number of rotatable bonds is 7. The van der Waals surface area contributed by atoms with Crippen molar-refractivity contribution in [2.24, 2.45) is 5.92 Å². The van der Waals surface area contributed by atoms with Crippen LogP contribution in [0.4, 0.5) is 0 Å². The van der Waals surface area contributed by atoms with Gasteiger partial charge in [-0.2, -0.15) is 0 Å². The largest absolute Gasteiger partial charge is 0.299 e. The quantitative estimate of drug-likeness (QED) is 0.301. The van der Waals surface area contributed by atoms with E-state index in [1.54, 1.807) is 0 Å². The molecule has 2 nitrogen and oxygen atoms in total. The first-order valence-electron chi connectivity index (χ1n) is 12.0. The van der Waals surface area contributed by atoms with Crippen molar-refractivity contribution in [1.29, 1.82) is 0 Å². The van der Waals surface area contributed by atoms with Crippen LogP contribution in [-0.4, -0.2) is 9.55 Å². The second-order valence-corrected chi connectivity index (χ2v) is 9.12. The van der Waals surface area contributed by atoms with Gasteiger partial charge in [-0.15, -0.1) is 0 Å². The average Bonchev–Trinajstić information content (AvgIpc) is 3.36. The molecule has 1 aromatic heterocycles. The second-order valence-electron chi connectivity index (χ2n) is 9.12. The Bertz CT molecular complexity index is 1110. The Kier molecular flexibility index (Phi) is 6.48. The Labute approximate surface area is 192 Å². The molecule has 0 spiro atoms. The van der Waals surface area contributed by atoms with Crippen LogP contribution in [0.1, 0.15) is 55.6 Å². The standard InChI is InChI=1S/C30H31N2/c1-4-12-24(13-5-1)20-27(25-14-6-2-7-15-25)21-26-16-10-11-19-29(26)30-22-31-23-32(30)28-17-8-3-9-18-28/h2-3,6-10,14-19,22-24,27H,1,4-5,12-13,20-21H2. The third kappa shape index (κ3) is 4.70. The fourth-order valence-electron chi connectivity index (χ4n) is 5.32. The Morgan fingerprint density at radius 3 is 2.44 bits per heavy atom. The second kappa shape index (κ2) is 9.99. The van der Waals surface area contributed by atoms with E-state index in [0.717, 1.165) is 23.7 Å². The normalized spacial score (nSPS) is 15.5. The van der Waals surface area contributed by atoms with Crippen molar-refractivity contribution in [1.82, 2.24) is 9.55 Å². The summed E-state index contributed by atoms with van der Waals surface area (Å²) in [5.41, 5.74) is 6.35. The number of aromatic nitrogens is 2. The van der Waals surface area contributed by atoms with E-state index in [9.17, 15) is 0 Å². The predicted molar refractivity (Wildman–Crippen MR) is 132 cm³/mol. The lowest BCUT2D eigenvalue weighted by Crippen LogP contribution is -2.14. The van der Waals surface area contributed by atoms with Crippen LogP contribution in [-0.2, 0) is 6.42 Å². The molecule has 1 saturated carbocycles. The number of imidazole rings is 1. The molecule has 4 aromatic rings. The first-order chi connectivity index (χ1) is 15.9. The minimum atomic E-state index is 0.536. The Balaban J connectivity index is 1.48. The molecule has 161 valence electrons. The van der Waals surface area contributed by atoms with E-state index < -0.39 is 0 Å². The Hall–Kier alpha value is -3.13. The predicted octanol–water partition coefficient (Wildman–Crippen LogP) is 7.64. The van der Waals surface area contributed by atoms with E-state index in [2.05, 4.69) is 94.5 Å². The molecule has 0 amide bonds. The van der Waals surface area contributed by atoms with Crippen molar-refractivity contribution >= 4 is 0 Å². The molecule has 0 bridgehead atoms. The fourth-order valence-corrected chi connectivity index (χ4v) is 5.32.